The van der Waals surface area contributed by atoms with Crippen LogP contribution in [0.25, 0.3) is 0 Å². The Balaban J connectivity index is 1.68. The molecule has 3 fully saturated rings. The molecule has 4 heteroatoms. The van der Waals surface area contributed by atoms with Crippen LogP contribution >= 0.6 is 0 Å². The van der Waals surface area contributed by atoms with E-state index < -0.39 is 0 Å². The molecule has 0 aromatic carbocycles. The van der Waals surface area contributed by atoms with Gasteiger partial charge in [0.05, 0.1) is 11.2 Å². The smallest absolute Gasteiger partial charge is 0.403 e. The van der Waals surface area contributed by atoms with E-state index >= 15 is 0 Å². The standard InChI is InChI=1S/C12H22BNO2/c1-10(2)11(3,4)16-13(15-10)9-7-12(9)5-8(14)6-12/h8-9H,5-7,14H2,1-4H3. The molecular formula is C12H22BNO2. The summed E-state index contributed by atoms with van der Waals surface area (Å²) in [7, 11) is -0.00231. The molecule has 0 amide bonds. The molecule has 1 spiro atoms. The molecule has 1 heterocycles. The lowest BCUT2D eigenvalue weighted by Gasteiger charge is -2.34. The lowest BCUT2D eigenvalue weighted by atomic mass is 9.67. The maximum absolute atomic E-state index is 6.09. The average molecular weight is 223 g/mol. The van der Waals surface area contributed by atoms with Gasteiger partial charge in [-0.05, 0) is 52.4 Å². The number of rotatable bonds is 1. The number of hydrogen-bond acceptors (Lipinski definition) is 3. The molecule has 2 saturated carbocycles. The highest BCUT2D eigenvalue weighted by Gasteiger charge is 2.69. The molecule has 1 saturated heterocycles. The SMILES string of the molecule is CC1(C)OB(C2CC23CC(N)C3)OC1(C)C. The second-order valence-electron chi connectivity index (χ2n) is 6.97. The Morgan fingerprint density at radius 3 is 1.94 bits per heavy atom. The van der Waals surface area contributed by atoms with Crippen LogP contribution in [-0.2, 0) is 9.31 Å². The number of nitrogens with two attached hydrogens (primary N) is 1. The van der Waals surface area contributed by atoms with E-state index in [1.807, 2.05) is 0 Å². The molecule has 2 N–H and O–H groups in total. The van der Waals surface area contributed by atoms with Crippen LogP contribution < -0.4 is 5.73 Å². The summed E-state index contributed by atoms with van der Waals surface area (Å²) in [5.41, 5.74) is 5.99. The summed E-state index contributed by atoms with van der Waals surface area (Å²) in [6.07, 6.45) is 3.58. The highest BCUT2D eigenvalue weighted by atomic mass is 16.7. The summed E-state index contributed by atoms with van der Waals surface area (Å²) >= 11 is 0. The van der Waals surface area contributed by atoms with E-state index in [9.17, 15) is 0 Å². The van der Waals surface area contributed by atoms with E-state index in [4.69, 9.17) is 15.0 Å². The van der Waals surface area contributed by atoms with Crippen molar-refractivity contribution in [2.24, 2.45) is 11.1 Å². The average Bonchev–Trinajstić information content (AvgIpc) is 2.71. The van der Waals surface area contributed by atoms with Crippen LogP contribution in [0.1, 0.15) is 47.0 Å². The molecule has 90 valence electrons. The van der Waals surface area contributed by atoms with Gasteiger partial charge in [-0.3, -0.25) is 0 Å². The van der Waals surface area contributed by atoms with Crippen molar-refractivity contribution in [2.75, 3.05) is 0 Å². The van der Waals surface area contributed by atoms with Gasteiger partial charge < -0.3 is 15.0 Å². The minimum absolute atomic E-state index is 0.00231. The number of hydrogen-bond donors (Lipinski definition) is 1. The van der Waals surface area contributed by atoms with Crippen LogP contribution in [-0.4, -0.2) is 24.4 Å². The predicted molar refractivity (Wildman–Crippen MR) is 64.1 cm³/mol. The second-order valence-corrected chi connectivity index (χ2v) is 6.97. The Labute approximate surface area is 98.2 Å². The van der Waals surface area contributed by atoms with Crippen molar-refractivity contribution >= 4 is 7.12 Å². The maximum Gasteiger partial charge on any atom is 0.461 e. The lowest BCUT2D eigenvalue weighted by molar-refractivity contribution is 0.00578. The molecule has 3 aliphatic rings. The Morgan fingerprint density at radius 2 is 1.50 bits per heavy atom. The molecule has 0 aromatic heterocycles. The van der Waals surface area contributed by atoms with Gasteiger partial charge in [0.25, 0.3) is 0 Å². The van der Waals surface area contributed by atoms with Crippen LogP contribution in [0.3, 0.4) is 0 Å². The van der Waals surface area contributed by atoms with Gasteiger partial charge in [0.2, 0.25) is 0 Å². The van der Waals surface area contributed by atoms with Crippen LogP contribution in [0.15, 0.2) is 0 Å². The summed E-state index contributed by atoms with van der Waals surface area (Å²) < 4.78 is 12.2. The molecule has 1 aliphatic heterocycles. The van der Waals surface area contributed by atoms with Crippen LogP contribution in [0.2, 0.25) is 5.82 Å². The largest absolute Gasteiger partial charge is 0.461 e. The summed E-state index contributed by atoms with van der Waals surface area (Å²) in [5, 5.41) is 0. The Morgan fingerprint density at radius 1 is 1.00 bits per heavy atom. The Bertz CT molecular complexity index is 307. The summed E-state index contributed by atoms with van der Waals surface area (Å²) in [5.74, 6) is 0.591. The minimum Gasteiger partial charge on any atom is -0.403 e. The first-order valence-corrected chi connectivity index (χ1v) is 6.37. The zero-order chi connectivity index (χ0) is 11.8. The molecular weight excluding hydrogens is 201 g/mol. The van der Waals surface area contributed by atoms with Gasteiger partial charge in [-0.1, -0.05) is 0 Å². The zero-order valence-electron chi connectivity index (χ0n) is 10.7. The van der Waals surface area contributed by atoms with Crippen molar-refractivity contribution in [3.63, 3.8) is 0 Å². The van der Waals surface area contributed by atoms with Crippen molar-refractivity contribution < 1.29 is 9.31 Å². The zero-order valence-corrected chi connectivity index (χ0v) is 10.7. The van der Waals surface area contributed by atoms with Crippen molar-refractivity contribution in [3.05, 3.63) is 0 Å². The van der Waals surface area contributed by atoms with Gasteiger partial charge in [0.15, 0.2) is 0 Å². The van der Waals surface area contributed by atoms with E-state index in [0.717, 1.165) is 0 Å². The first-order valence-electron chi connectivity index (χ1n) is 6.37. The molecule has 3 nitrogen and oxygen atoms in total. The van der Waals surface area contributed by atoms with E-state index in [1.165, 1.54) is 19.3 Å². The van der Waals surface area contributed by atoms with Gasteiger partial charge in [0, 0.05) is 11.9 Å². The van der Waals surface area contributed by atoms with Gasteiger partial charge >= 0.3 is 7.12 Å². The topological polar surface area (TPSA) is 44.5 Å². The fraction of sp³-hybridized carbons (Fsp3) is 1.00. The second kappa shape index (κ2) is 2.85. The molecule has 1 atom stereocenters. The molecule has 16 heavy (non-hydrogen) atoms. The van der Waals surface area contributed by atoms with Gasteiger partial charge in [0.1, 0.15) is 0 Å². The molecule has 0 radical (unpaired) electrons. The normalized spacial score (nSPS) is 48.2. The predicted octanol–water partition coefficient (Wildman–Crippen LogP) is 1.96. The van der Waals surface area contributed by atoms with E-state index in [1.54, 1.807) is 0 Å². The Kier molecular flexibility index (Phi) is 1.97. The summed E-state index contributed by atoms with van der Waals surface area (Å²) in [6, 6.07) is 0.424. The van der Waals surface area contributed by atoms with Crippen molar-refractivity contribution in [3.8, 4) is 0 Å². The molecule has 1 unspecified atom stereocenters. The molecule has 2 aliphatic carbocycles. The highest BCUT2D eigenvalue weighted by Crippen LogP contribution is 2.71. The van der Waals surface area contributed by atoms with E-state index in [0.29, 0.717) is 17.3 Å². The third kappa shape index (κ3) is 1.33. The quantitative estimate of drug-likeness (QED) is 0.691. The molecule has 0 bridgehead atoms. The third-order valence-corrected chi connectivity index (χ3v) is 5.19. The summed E-state index contributed by atoms with van der Waals surface area (Å²) in [6.45, 7) is 8.48. The lowest BCUT2D eigenvalue weighted by Crippen LogP contribution is -2.41. The van der Waals surface area contributed by atoms with Gasteiger partial charge in [-0.2, -0.15) is 0 Å². The maximum atomic E-state index is 6.09. The summed E-state index contributed by atoms with van der Waals surface area (Å²) in [4.78, 5) is 0. The van der Waals surface area contributed by atoms with Crippen LogP contribution in [0.5, 0.6) is 0 Å². The Hall–Kier alpha value is -0.0551. The first kappa shape index (κ1) is 11.1. The van der Waals surface area contributed by atoms with Gasteiger partial charge in [-0.15, -0.1) is 0 Å². The monoisotopic (exact) mass is 223 g/mol. The molecule has 0 aromatic rings. The fourth-order valence-electron chi connectivity index (χ4n) is 3.27. The van der Waals surface area contributed by atoms with E-state index in [2.05, 4.69) is 27.7 Å². The van der Waals surface area contributed by atoms with Crippen LogP contribution in [0, 0.1) is 5.41 Å². The van der Waals surface area contributed by atoms with Crippen molar-refractivity contribution in [2.45, 2.75) is 70.0 Å². The fourth-order valence-corrected chi connectivity index (χ4v) is 3.27. The van der Waals surface area contributed by atoms with E-state index in [-0.39, 0.29) is 18.3 Å². The third-order valence-electron chi connectivity index (χ3n) is 5.19. The van der Waals surface area contributed by atoms with Gasteiger partial charge in [-0.25, -0.2) is 0 Å². The minimum atomic E-state index is -0.187. The van der Waals surface area contributed by atoms with Crippen molar-refractivity contribution in [1.82, 2.24) is 0 Å². The highest BCUT2D eigenvalue weighted by molar-refractivity contribution is 6.49. The van der Waals surface area contributed by atoms with Crippen molar-refractivity contribution in [1.29, 1.82) is 0 Å². The molecule has 3 rings (SSSR count). The first-order chi connectivity index (χ1) is 7.26. The van der Waals surface area contributed by atoms with Crippen LogP contribution in [0.4, 0.5) is 0 Å².